The van der Waals surface area contributed by atoms with Crippen LogP contribution in [0.3, 0.4) is 0 Å². The number of methoxy groups -OCH3 is 1. The summed E-state index contributed by atoms with van der Waals surface area (Å²) in [4.78, 5) is 24.7. The van der Waals surface area contributed by atoms with E-state index in [4.69, 9.17) is 9.47 Å². The lowest BCUT2D eigenvalue weighted by Gasteiger charge is -2.15. The number of para-hydroxylation sites is 1. The van der Waals surface area contributed by atoms with Crippen LogP contribution in [0.15, 0.2) is 48.5 Å². The molecule has 9 heteroatoms. The van der Waals surface area contributed by atoms with E-state index in [1.54, 1.807) is 20.1 Å². The Hall–Kier alpha value is -3.07. The number of hydrogen-bond acceptors (Lipinski definition) is 6. The number of benzene rings is 2. The second-order valence-corrected chi connectivity index (χ2v) is 8.42. The largest absolute Gasteiger partial charge is 0.496 e. The summed E-state index contributed by atoms with van der Waals surface area (Å²) in [5, 5.41) is 2.70. The van der Waals surface area contributed by atoms with Gasteiger partial charge in [0.15, 0.2) is 6.10 Å². The molecule has 2 N–H and O–H groups in total. The van der Waals surface area contributed by atoms with E-state index in [1.807, 2.05) is 18.2 Å². The molecule has 0 bridgehead atoms. The molecule has 162 valence electrons. The monoisotopic (exact) mass is 434 g/mol. The van der Waals surface area contributed by atoms with Gasteiger partial charge >= 0.3 is 5.97 Å². The summed E-state index contributed by atoms with van der Waals surface area (Å²) in [5.41, 5.74) is 1.18. The number of sulfonamides is 1. The molecule has 0 aliphatic carbocycles. The van der Waals surface area contributed by atoms with E-state index in [1.165, 1.54) is 31.2 Å². The summed E-state index contributed by atoms with van der Waals surface area (Å²) in [7, 11) is -1.94. The van der Waals surface area contributed by atoms with E-state index in [0.717, 1.165) is 5.56 Å². The van der Waals surface area contributed by atoms with Gasteiger partial charge in [-0.05, 0) is 37.6 Å². The molecule has 0 spiro atoms. The van der Waals surface area contributed by atoms with Crippen molar-refractivity contribution >= 4 is 27.6 Å². The number of rotatable bonds is 10. The topological polar surface area (TPSA) is 111 Å². The highest BCUT2D eigenvalue weighted by atomic mass is 32.2. The molecule has 2 rings (SSSR count). The highest BCUT2D eigenvalue weighted by Gasteiger charge is 2.20. The van der Waals surface area contributed by atoms with Crippen molar-refractivity contribution in [2.24, 2.45) is 0 Å². The van der Waals surface area contributed by atoms with Crippen LogP contribution in [-0.2, 0) is 26.1 Å². The number of carbonyl (C=O) groups excluding carboxylic acids is 2. The molecule has 0 aliphatic rings. The maximum Gasteiger partial charge on any atom is 0.338 e. The summed E-state index contributed by atoms with van der Waals surface area (Å²) in [6, 6.07) is 13.2. The van der Waals surface area contributed by atoms with Gasteiger partial charge < -0.3 is 14.8 Å². The normalized spacial score (nSPS) is 12.0. The smallest absolute Gasteiger partial charge is 0.338 e. The van der Waals surface area contributed by atoms with Crippen molar-refractivity contribution in [1.29, 1.82) is 0 Å². The Balaban J connectivity index is 1.96. The molecule has 0 heterocycles. The molecule has 0 radical (unpaired) electrons. The van der Waals surface area contributed by atoms with Crippen LogP contribution in [-0.4, -0.2) is 39.3 Å². The molecule has 1 atom stereocenters. The van der Waals surface area contributed by atoms with Gasteiger partial charge in [-0.15, -0.1) is 0 Å². The zero-order valence-electron chi connectivity index (χ0n) is 17.2. The third-order valence-corrected chi connectivity index (χ3v) is 5.64. The van der Waals surface area contributed by atoms with E-state index in [-0.39, 0.29) is 23.5 Å². The summed E-state index contributed by atoms with van der Waals surface area (Å²) >= 11 is 0. The summed E-state index contributed by atoms with van der Waals surface area (Å²) < 4.78 is 36.7. The van der Waals surface area contributed by atoms with Gasteiger partial charge in [-0.25, -0.2) is 13.2 Å². The molecule has 2 aromatic carbocycles. The molecule has 0 fully saturated rings. The zero-order chi connectivity index (χ0) is 22.1. The van der Waals surface area contributed by atoms with Crippen molar-refractivity contribution in [2.45, 2.75) is 32.9 Å². The van der Waals surface area contributed by atoms with E-state index in [0.29, 0.717) is 12.2 Å². The molecule has 8 nitrogen and oxygen atoms in total. The molecule has 2 aromatic rings. The molecule has 0 saturated carbocycles. The Morgan fingerprint density at radius 3 is 2.53 bits per heavy atom. The van der Waals surface area contributed by atoms with Gasteiger partial charge in [0, 0.05) is 17.8 Å². The maximum atomic E-state index is 12.4. The van der Waals surface area contributed by atoms with Crippen LogP contribution >= 0.6 is 0 Å². The highest BCUT2D eigenvalue weighted by molar-refractivity contribution is 7.92. The first kappa shape index (κ1) is 23.2. The number of carbonyl (C=O) groups is 2. The Morgan fingerprint density at radius 2 is 1.83 bits per heavy atom. The van der Waals surface area contributed by atoms with Gasteiger partial charge in [0.05, 0.1) is 18.4 Å². The van der Waals surface area contributed by atoms with E-state index in [2.05, 4.69) is 10.0 Å². The molecule has 1 unspecified atom stereocenters. The van der Waals surface area contributed by atoms with Crippen molar-refractivity contribution in [3.8, 4) is 5.75 Å². The molecule has 0 aromatic heterocycles. The summed E-state index contributed by atoms with van der Waals surface area (Å²) in [6.07, 6.45) is -0.564. The average Bonchev–Trinajstić information content (AvgIpc) is 2.71. The quantitative estimate of drug-likeness (QED) is 0.556. The van der Waals surface area contributed by atoms with Gasteiger partial charge in [0.2, 0.25) is 10.0 Å². The van der Waals surface area contributed by atoms with Gasteiger partial charge in [-0.3, -0.25) is 9.52 Å². The lowest BCUT2D eigenvalue weighted by atomic mass is 10.2. The molecule has 0 saturated heterocycles. The van der Waals surface area contributed by atoms with E-state index >= 15 is 0 Å². The van der Waals surface area contributed by atoms with Crippen molar-refractivity contribution in [3.05, 3.63) is 59.7 Å². The molecule has 1 amide bonds. The SMILES string of the molecule is CCCS(=O)(=O)Nc1cccc(C(=O)OC(C)C(=O)NCc2ccccc2OC)c1. The number of nitrogens with one attached hydrogen (secondary N) is 2. The second kappa shape index (κ2) is 10.6. The van der Waals surface area contributed by atoms with Gasteiger partial charge in [0.1, 0.15) is 5.75 Å². The van der Waals surface area contributed by atoms with Crippen LogP contribution in [0.5, 0.6) is 5.75 Å². The molecular formula is C21H26N2O6S. The van der Waals surface area contributed by atoms with Crippen LogP contribution in [0.4, 0.5) is 5.69 Å². The van der Waals surface area contributed by atoms with Crippen LogP contribution in [0, 0.1) is 0 Å². The van der Waals surface area contributed by atoms with Crippen LogP contribution in [0.1, 0.15) is 36.2 Å². The minimum absolute atomic E-state index is 0.0227. The lowest BCUT2D eigenvalue weighted by molar-refractivity contribution is -0.129. The lowest BCUT2D eigenvalue weighted by Crippen LogP contribution is -2.35. The number of amides is 1. The first-order valence-corrected chi connectivity index (χ1v) is 11.1. The number of hydrogen-bond donors (Lipinski definition) is 2. The predicted octanol–water partition coefficient (Wildman–Crippen LogP) is 2.71. The van der Waals surface area contributed by atoms with Crippen molar-refractivity contribution in [3.63, 3.8) is 0 Å². The fraction of sp³-hybridized carbons (Fsp3) is 0.333. The van der Waals surface area contributed by atoms with Gasteiger partial charge in [-0.2, -0.15) is 0 Å². The Labute approximate surface area is 176 Å². The predicted molar refractivity (Wildman–Crippen MR) is 114 cm³/mol. The molecular weight excluding hydrogens is 408 g/mol. The standard InChI is InChI=1S/C21H26N2O6S/c1-4-12-30(26,27)23-18-10-7-9-16(13-18)21(25)29-15(2)20(24)22-14-17-8-5-6-11-19(17)28-3/h5-11,13,15,23H,4,12,14H2,1-3H3,(H,22,24). The molecule has 30 heavy (non-hydrogen) atoms. The number of anilines is 1. The third kappa shape index (κ3) is 6.77. The fourth-order valence-corrected chi connectivity index (χ4v) is 3.79. The Morgan fingerprint density at radius 1 is 1.10 bits per heavy atom. The van der Waals surface area contributed by atoms with Gasteiger partial charge in [-0.1, -0.05) is 31.2 Å². The van der Waals surface area contributed by atoms with Crippen LogP contribution in [0.2, 0.25) is 0 Å². The van der Waals surface area contributed by atoms with Crippen molar-refractivity contribution in [1.82, 2.24) is 5.32 Å². The third-order valence-electron chi connectivity index (χ3n) is 4.14. The average molecular weight is 435 g/mol. The highest BCUT2D eigenvalue weighted by Crippen LogP contribution is 2.17. The summed E-state index contributed by atoms with van der Waals surface area (Å²) in [6.45, 7) is 3.44. The summed E-state index contributed by atoms with van der Waals surface area (Å²) in [5.74, 6) is -0.573. The van der Waals surface area contributed by atoms with E-state index in [9.17, 15) is 18.0 Å². The van der Waals surface area contributed by atoms with Crippen molar-refractivity contribution < 1.29 is 27.5 Å². The van der Waals surface area contributed by atoms with Crippen LogP contribution in [0.25, 0.3) is 0 Å². The first-order valence-electron chi connectivity index (χ1n) is 9.47. The number of ether oxygens (including phenoxy) is 2. The first-order chi connectivity index (χ1) is 14.3. The van der Waals surface area contributed by atoms with Gasteiger partial charge in [0.25, 0.3) is 5.91 Å². The minimum atomic E-state index is -3.48. The molecule has 0 aliphatic heterocycles. The van der Waals surface area contributed by atoms with Crippen molar-refractivity contribution in [2.75, 3.05) is 17.6 Å². The Bertz CT molecular complexity index is 990. The van der Waals surface area contributed by atoms with E-state index < -0.39 is 28.0 Å². The van der Waals surface area contributed by atoms with Crippen LogP contribution < -0.4 is 14.8 Å². The Kier molecular flexibility index (Phi) is 8.23. The second-order valence-electron chi connectivity index (χ2n) is 6.58. The maximum absolute atomic E-state index is 12.4. The zero-order valence-corrected chi connectivity index (χ0v) is 18.0. The minimum Gasteiger partial charge on any atom is -0.496 e. The number of esters is 1. The fourth-order valence-electron chi connectivity index (χ4n) is 2.67.